The number of nitrogens with zero attached hydrogens (tertiary/aromatic N) is 3. The van der Waals surface area contributed by atoms with E-state index in [0.29, 0.717) is 50.1 Å². The molecule has 0 aliphatic carbocycles. The van der Waals surface area contributed by atoms with Crippen LogP contribution in [0.3, 0.4) is 0 Å². The van der Waals surface area contributed by atoms with E-state index in [2.05, 4.69) is 25.7 Å². The quantitative estimate of drug-likeness (QED) is 0.00798. The molecule has 2 heterocycles. The molecule has 1 unspecified atom stereocenters. The first kappa shape index (κ1) is 52.4. The molecule has 360 valence electrons. The third-order valence-electron chi connectivity index (χ3n) is 9.25. The average Bonchev–Trinajstić information content (AvgIpc) is 3.73. The predicted molar refractivity (Wildman–Crippen MR) is 214 cm³/mol. The van der Waals surface area contributed by atoms with Gasteiger partial charge in [-0.3, -0.25) is 14.4 Å². The molecule has 65 heavy (non-hydrogen) atoms. The van der Waals surface area contributed by atoms with Gasteiger partial charge < -0.3 is 69.3 Å². The number of anilines is 1. The van der Waals surface area contributed by atoms with E-state index in [9.17, 15) is 61.9 Å². The number of aliphatic carboxylic acids is 2. The lowest BCUT2D eigenvalue weighted by atomic mass is 9.91. The summed E-state index contributed by atoms with van der Waals surface area (Å²) in [6.07, 6.45) is -5.34. The molecule has 2 aromatic carbocycles. The first-order valence-corrected chi connectivity index (χ1v) is 20.4. The van der Waals surface area contributed by atoms with Crippen LogP contribution in [-0.4, -0.2) is 154 Å². The molecule has 1 fully saturated rings. The zero-order valence-corrected chi connectivity index (χ0v) is 35.2. The SMILES string of the molecule is O=C(CCOCCOCCOCCOCCn1cc(CCCCNC(=S)Nc2ccc(O[C@H]3OC(CC(C(=O)O)C(=O)O)[C@@H](O)[C@H](O)[C@@H]3O)cc2)nn1)Oc1c(F)c(F)c(F)c(F)c1F. The summed E-state index contributed by atoms with van der Waals surface area (Å²) in [7, 11) is 0. The van der Waals surface area contributed by atoms with Crippen molar-refractivity contribution in [3.63, 3.8) is 0 Å². The molecule has 20 nitrogen and oxygen atoms in total. The van der Waals surface area contributed by atoms with Gasteiger partial charge in [0, 0.05) is 24.8 Å². The van der Waals surface area contributed by atoms with Crippen molar-refractivity contribution in [3.8, 4) is 11.5 Å². The number of unbranched alkanes of at least 4 members (excludes halogenated alkanes) is 1. The zero-order valence-electron chi connectivity index (χ0n) is 34.4. The number of thiocarbonyl (C=S) groups is 1. The summed E-state index contributed by atoms with van der Waals surface area (Å²) in [5, 5.41) is 64.0. The van der Waals surface area contributed by atoms with Gasteiger partial charge in [0.2, 0.25) is 41.1 Å². The Hall–Kier alpha value is -5.19. The lowest BCUT2D eigenvalue weighted by Crippen LogP contribution is -2.59. The van der Waals surface area contributed by atoms with Crippen molar-refractivity contribution in [1.29, 1.82) is 0 Å². The van der Waals surface area contributed by atoms with E-state index in [1.165, 1.54) is 12.1 Å². The number of rotatable bonds is 28. The molecule has 0 amide bonds. The van der Waals surface area contributed by atoms with E-state index in [1.54, 1.807) is 16.8 Å². The molecule has 0 spiro atoms. The fraction of sp³-hybridized carbons (Fsp3) is 0.538. The van der Waals surface area contributed by atoms with Crippen molar-refractivity contribution >= 4 is 40.9 Å². The number of aliphatic hydroxyl groups is 3. The Kier molecular flexibility index (Phi) is 21.5. The van der Waals surface area contributed by atoms with Crippen molar-refractivity contribution in [2.45, 2.75) is 69.4 Å². The number of aromatic nitrogens is 3. The normalized spacial score (nSPS) is 18.4. The topological polar surface area (TPSA) is 272 Å². The number of benzene rings is 2. The number of aryl methyl sites for hydroxylation is 1. The van der Waals surface area contributed by atoms with Gasteiger partial charge in [-0.1, -0.05) is 5.21 Å². The fourth-order valence-corrected chi connectivity index (χ4v) is 6.00. The number of esters is 1. The van der Waals surface area contributed by atoms with Gasteiger partial charge in [0.1, 0.15) is 24.1 Å². The Balaban J connectivity index is 0.970. The Bertz CT molecular complexity index is 1980. The summed E-state index contributed by atoms with van der Waals surface area (Å²) in [5.74, 6) is -19.3. The highest BCUT2D eigenvalue weighted by Crippen LogP contribution is 2.30. The maximum atomic E-state index is 13.6. The highest BCUT2D eigenvalue weighted by Gasteiger charge is 2.47. The van der Waals surface area contributed by atoms with Crippen LogP contribution in [-0.2, 0) is 51.0 Å². The van der Waals surface area contributed by atoms with E-state index >= 15 is 0 Å². The van der Waals surface area contributed by atoms with E-state index < -0.39 is 102 Å². The van der Waals surface area contributed by atoms with E-state index in [1.807, 2.05) is 6.20 Å². The zero-order chi connectivity index (χ0) is 47.5. The number of nitrogens with one attached hydrogen (secondary N) is 2. The summed E-state index contributed by atoms with van der Waals surface area (Å²) < 4.78 is 105. The van der Waals surface area contributed by atoms with Gasteiger partial charge in [0.25, 0.3) is 0 Å². The molecule has 0 bridgehead atoms. The van der Waals surface area contributed by atoms with Crippen LogP contribution in [0.1, 0.15) is 31.4 Å². The summed E-state index contributed by atoms with van der Waals surface area (Å²) in [6, 6.07) is 6.26. The van der Waals surface area contributed by atoms with Crippen LogP contribution in [0.15, 0.2) is 30.5 Å². The summed E-state index contributed by atoms with van der Waals surface area (Å²) in [5.41, 5.74) is 1.40. The van der Waals surface area contributed by atoms with Gasteiger partial charge >= 0.3 is 17.9 Å². The monoisotopic (exact) mass is 953 g/mol. The highest BCUT2D eigenvalue weighted by molar-refractivity contribution is 7.80. The molecule has 1 aromatic heterocycles. The van der Waals surface area contributed by atoms with Gasteiger partial charge in [0.05, 0.1) is 77.6 Å². The minimum absolute atomic E-state index is 0.0475. The molecule has 3 aromatic rings. The first-order valence-electron chi connectivity index (χ1n) is 20.0. The minimum atomic E-state index is -2.37. The second-order valence-corrected chi connectivity index (χ2v) is 14.4. The van der Waals surface area contributed by atoms with Crippen LogP contribution in [0.4, 0.5) is 27.6 Å². The molecule has 7 N–H and O–H groups in total. The van der Waals surface area contributed by atoms with Gasteiger partial charge in [-0.05, 0) is 55.7 Å². The molecule has 5 atom stereocenters. The molecule has 4 rings (SSSR count). The van der Waals surface area contributed by atoms with Crippen molar-refractivity contribution in [2.24, 2.45) is 5.92 Å². The summed E-state index contributed by atoms with van der Waals surface area (Å²) in [4.78, 5) is 34.3. The van der Waals surface area contributed by atoms with E-state index in [-0.39, 0.29) is 38.8 Å². The van der Waals surface area contributed by atoms with Crippen LogP contribution in [0, 0.1) is 35.0 Å². The number of hydrogen-bond donors (Lipinski definition) is 7. The van der Waals surface area contributed by atoms with Gasteiger partial charge in [-0.25, -0.2) is 17.9 Å². The molecule has 0 saturated carbocycles. The van der Waals surface area contributed by atoms with Crippen molar-refractivity contribution in [2.75, 3.05) is 64.7 Å². The standard InChI is InChI=1S/C39H48F5N5O15S/c40-27-28(41)30(43)35(31(44)29(27)42)64-26(50)8-11-58-13-15-60-17-18-61-16-14-59-12-10-49-20-22(47-48-49)3-1-2-9-45-39(65)46-21-4-6-23(7-5-21)62-38-34(53)33(52)32(51)25(63-38)19-24(36(54)55)37(56)57/h4-7,20,24-25,32-34,38,51-53H,1-3,8-19H2,(H,54,55)(H,56,57)(H2,45,46,65)/t25?,32-,33+,34+,38+/m1/s1. The Morgan fingerprint density at radius 2 is 1.34 bits per heavy atom. The third kappa shape index (κ3) is 16.6. The lowest BCUT2D eigenvalue weighted by molar-refractivity contribution is -0.275. The molecule has 1 saturated heterocycles. The van der Waals surface area contributed by atoms with Crippen LogP contribution in [0.2, 0.25) is 0 Å². The number of aliphatic hydroxyl groups excluding tert-OH is 3. The molecule has 26 heteroatoms. The molecule has 0 radical (unpaired) electrons. The van der Waals surface area contributed by atoms with E-state index in [4.69, 9.17) is 40.6 Å². The molecule has 1 aliphatic heterocycles. The third-order valence-corrected chi connectivity index (χ3v) is 9.49. The van der Waals surface area contributed by atoms with E-state index in [0.717, 1.165) is 18.5 Å². The van der Waals surface area contributed by atoms with Gasteiger partial charge in [-0.15, -0.1) is 5.10 Å². The smallest absolute Gasteiger partial charge is 0.317 e. The average molecular weight is 954 g/mol. The van der Waals surface area contributed by atoms with Gasteiger partial charge in [-0.2, -0.15) is 8.78 Å². The Morgan fingerprint density at radius 3 is 1.94 bits per heavy atom. The number of halogens is 5. The van der Waals surface area contributed by atoms with Gasteiger partial charge in [0.15, 0.2) is 11.0 Å². The number of hydrogen-bond acceptors (Lipinski definition) is 16. The highest BCUT2D eigenvalue weighted by atomic mass is 32.1. The number of carboxylic acid groups (broad SMARTS) is 2. The fourth-order valence-electron chi connectivity index (χ4n) is 5.78. The van der Waals surface area contributed by atoms with Crippen molar-refractivity contribution < 1.29 is 95.0 Å². The minimum Gasteiger partial charge on any atom is -0.481 e. The van der Waals surface area contributed by atoms with Crippen LogP contribution in [0.5, 0.6) is 11.5 Å². The Morgan fingerprint density at radius 1 is 0.769 bits per heavy atom. The maximum Gasteiger partial charge on any atom is 0.317 e. The maximum absolute atomic E-state index is 13.6. The Labute approximate surface area is 372 Å². The van der Waals surface area contributed by atoms with Crippen molar-refractivity contribution in [1.82, 2.24) is 20.3 Å². The predicted octanol–water partition coefficient (Wildman–Crippen LogP) is 1.71. The van der Waals surface area contributed by atoms with Crippen LogP contribution >= 0.6 is 12.2 Å². The number of carbonyl (C=O) groups excluding carboxylic acids is 1. The number of carboxylic acids is 2. The molecular weight excluding hydrogens is 906 g/mol. The molecule has 1 aliphatic rings. The number of ether oxygens (including phenoxy) is 7. The van der Waals surface area contributed by atoms with Crippen LogP contribution < -0.4 is 20.1 Å². The number of carbonyl (C=O) groups is 3. The second kappa shape index (κ2) is 26.7. The second-order valence-electron chi connectivity index (χ2n) is 14.0. The van der Waals surface area contributed by atoms with Crippen LogP contribution in [0.25, 0.3) is 0 Å². The first-order chi connectivity index (χ1) is 31.1. The lowest BCUT2D eigenvalue weighted by Gasteiger charge is -2.40. The molecular formula is C39H48F5N5O15S. The summed E-state index contributed by atoms with van der Waals surface area (Å²) in [6.45, 7) is 2.48. The largest absolute Gasteiger partial charge is 0.481 e. The summed E-state index contributed by atoms with van der Waals surface area (Å²) >= 11 is 5.37. The van der Waals surface area contributed by atoms with Crippen molar-refractivity contribution in [3.05, 3.63) is 65.2 Å².